The minimum atomic E-state index is -4.12. The molecule has 0 saturated carbocycles. The molecule has 0 radical (unpaired) electrons. The van der Waals surface area contributed by atoms with E-state index >= 15 is 0 Å². The van der Waals surface area contributed by atoms with Crippen LogP contribution in [0.4, 0.5) is 0 Å². The Labute approximate surface area is 102 Å². The minimum Gasteiger partial charge on any atom is -0.748 e. The molecule has 1 rings (SSSR count). The summed E-state index contributed by atoms with van der Waals surface area (Å²) in [7, 11) is -2.49. The lowest BCUT2D eigenvalue weighted by Crippen LogP contribution is -2.33. The predicted molar refractivity (Wildman–Crippen MR) is 60.4 cm³/mol. The fourth-order valence-corrected chi connectivity index (χ4v) is 2.09. The first-order chi connectivity index (χ1) is 7.92. The fraction of sp³-hybridized carbons (Fsp3) is 0.700. The Morgan fingerprint density at radius 1 is 1.53 bits per heavy atom. The molecular weight excluding hydrogens is 244 g/mol. The van der Waals surface area contributed by atoms with E-state index in [2.05, 4.69) is 0 Å². The SMILES string of the molecule is COCC[n+]1ccn(C(C)CCS(=O)(=O)[O-])c1. The first-order valence-corrected chi connectivity index (χ1v) is 6.99. The third kappa shape index (κ3) is 5.29. The number of ether oxygens (including phenoxy) is 1. The van der Waals surface area contributed by atoms with E-state index in [0.717, 1.165) is 6.54 Å². The van der Waals surface area contributed by atoms with Gasteiger partial charge >= 0.3 is 0 Å². The van der Waals surface area contributed by atoms with Crippen molar-refractivity contribution < 1.29 is 22.3 Å². The molecule has 0 saturated heterocycles. The zero-order valence-corrected chi connectivity index (χ0v) is 10.9. The molecule has 1 unspecified atom stereocenters. The van der Waals surface area contributed by atoms with E-state index in [9.17, 15) is 13.0 Å². The molecule has 1 atom stereocenters. The number of methoxy groups -OCH3 is 1. The number of aromatic nitrogens is 2. The quantitative estimate of drug-likeness (QED) is 0.509. The topological polar surface area (TPSA) is 75.2 Å². The third-order valence-corrected chi connectivity index (χ3v) is 3.30. The zero-order valence-electron chi connectivity index (χ0n) is 10.1. The summed E-state index contributed by atoms with van der Waals surface area (Å²) in [6.45, 7) is 3.25. The third-order valence-electron chi connectivity index (χ3n) is 2.56. The zero-order chi connectivity index (χ0) is 12.9. The van der Waals surface area contributed by atoms with E-state index < -0.39 is 10.1 Å². The van der Waals surface area contributed by atoms with E-state index in [4.69, 9.17) is 4.74 Å². The molecule has 0 amide bonds. The number of rotatable bonds is 7. The summed E-state index contributed by atoms with van der Waals surface area (Å²) < 4.78 is 40.4. The smallest absolute Gasteiger partial charge is 0.244 e. The number of imidazole rings is 1. The maximum Gasteiger partial charge on any atom is 0.244 e. The lowest BCUT2D eigenvalue weighted by atomic mass is 10.2. The van der Waals surface area contributed by atoms with Crippen molar-refractivity contribution in [2.45, 2.75) is 25.9 Å². The molecule has 6 nitrogen and oxygen atoms in total. The second kappa shape index (κ2) is 6.13. The van der Waals surface area contributed by atoms with Crippen molar-refractivity contribution >= 4 is 10.1 Å². The molecule has 0 spiro atoms. The summed E-state index contributed by atoms with van der Waals surface area (Å²) in [5.74, 6) is -0.329. The Kier molecular flexibility index (Phi) is 5.10. The summed E-state index contributed by atoms with van der Waals surface area (Å²) in [5.41, 5.74) is 0. The Morgan fingerprint density at radius 2 is 2.24 bits per heavy atom. The average molecular weight is 262 g/mol. The van der Waals surface area contributed by atoms with Gasteiger partial charge in [-0.1, -0.05) is 0 Å². The maximum absolute atomic E-state index is 10.5. The van der Waals surface area contributed by atoms with Crippen molar-refractivity contribution in [3.8, 4) is 0 Å². The van der Waals surface area contributed by atoms with E-state index in [0.29, 0.717) is 13.0 Å². The molecular formula is C10H18N2O4S. The molecule has 17 heavy (non-hydrogen) atoms. The number of hydrogen-bond donors (Lipinski definition) is 0. The van der Waals surface area contributed by atoms with Gasteiger partial charge in [0.15, 0.2) is 0 Å². The van der Waals surface area contributed by atoms with Gasteiger partial charge < -0.3 is 9.29 Å². The summed E-state index contributed by atoms with van der Waals surface area (Å²) in [4.78, 5) is 0. The Bertz CT molecular complexity index is 441. The van der Waals surface area contributed by atoms with Crippen LogP contribution in [-0.2, 0) is 21.4 Å². The van der Waals surface area contributed by atoms with Gasteiger partial charge in [0.25, 0.3) is 0 Å². The summed E-state index contributed by atoms with van der Waals surface area (Å²) in [6.07, 6.45) is 5.95. The number of nitrogens with zero attached hydrogens (tertiary/aromatic N) is 2. The van der Waals surface area contributed by atoms with Crippen LogP contribution in [0.1, 0.15) is 19.4 Å². The van der Waals surface area contributed by atoms with E-state index in [1.165, 1.54) is 0 Å². The van der Waals surface area contributed by atoms with Crippen LogP contribution in [0.3, 0.4) is 0 Å². The largest absolute Gasteiger partial charge is 0.748 e. The Morgan fingerprint density at radius 3 is 2.82 bits per heavy atom. The maximum atomic E-state index is 10.5. The van der Waals surface area contributed by atoms with Gasteiger partial charge in [-0.15, -0.1) is 0 Å². The highest BCUT2D eigenvalue weighted by atomic mass is 32.2. The van der Waals surface area contributed by atoms with Gasteiger partial charge in [0.05, 0.1) is 22.8 Å². The van der Waals surface area contributed by atoms with Gasteiger partial charge in [-0.3, -0.25) is 0 Å². The minimum absolute atomic E-state index is 0.0116. The molecule has 0 aliphatic carbocycles. The van der Waals surface area contributed by atoms with Crippen molar-refractivity contribution in [1.29, 1.82) is 0 Å². The van der Waals surface area contributed by atoms with E-state index in [1.54, 1.807) is 7.11 Å². The molecule has 0 bridgehead atoms. The van der Waals surface area contributed by atoms with Crippen LogP contribution in [-0.4, -0.2) is 37.0 Å². The highest BCUT2D eigenvalue weighted by Gasteiger charge is 2.12. The van der Waals surface area contributed by atoms with Crippen LogP contribution in [0.2, 0.25) is 0 Å². The lowest BCUT2D eigenvalue weighted by Gasteiger charge is -2.10. The molecule has 0 aromatic carbocycles. The van der Waals surface area contributed by atoms with E-state index in [-0.39, 0.29) is 11.8 Å². The van der Waals surface area contributed by atoms with Crippen molar-refractivity contribution in [2.24, 2.45) is 0 Å². The van der Waals surface area contributed by atoms with Crippen molar-refractivity contribution in [2.75, 3.05) is 19.5 Å². The van der Waals surface area contributed by atoms with Crippen molar-refractivity contribution in [1.82, 2.24) is 4.57 Å². The molecule has 0 fully saturated rings. The van der Waals surface area contributed by atoms with Crippen molar-refractivity contribution in [3.05, 3.63) is 18.7 Å². The highest BCUT2D eigenvalue weighted by molar-refractivity contribution is 7.85. The normalized spacial score (nSPS) is 13.8. The number of hydrogen-bond acceptors (Lipinski definition) is 4. The lowest BCUT2D eigenvalue weighted by molar-refractivity contribution is -0.697. The fourth-order valence-electron chi connectivity index (χ4n) is 1.46. The van der Waals surface area contributed by atoms with Gasteiger partial charge in [0.1, 0.15) is 18.9 Å². The average Bonchev–Trinajstić information content (AvgIpc) is 2.70. The van der Waals surface area contributed by atoms with Crippen LogP contribution < -0.4 is 4.57 Å². The molecule has 1 heterocycles. The molecule has 1 aromatic rings. The summed E-state index contributed by atoms with van der Waals surface area (Å²) >= 11 is 0. The van der Waals surface area contributed by atoms with Gasteiger partial charge in [0.2, 0.25) is 6.33 Å². The first kappa shape index (κ1) is 14.1. The van der Waals surface area contributed by atoms with Gasteiger partial charge in [0, 0.05) is 19.3 Å². The predicted octanol–water partition coefficient (Wildman–Crippen LogP) is -0.0817. The van der Waals surface area contributed by atoms with Crippen LogP contribution in [0.25, 0.3) is 0 Å². The molecule has 0 aliphatic heterocycles. The van der Waals surface area contributed by atoms with Crippen LogP contribution in [0.5, 0.6) is 0 Å². The molecule has 0 N–H and O–H groups in total. The molecule has 98 valence electrons. The Balaban J connectivity index is 2.51. The second-order valence-electron chi connectivity index (χ2n) is 3.99. The molecule has 7 heteroatoms. The van der Waals surface area contributed by atoms with Crippen molar-refractivity contribution in [3.63, 3.8) is 0 Å². The molecule has 1 aromatic heterocycles. The summed E-state index contributed by atoms with van der Waals surface area (Å²) in [6, 6.07) is -0.0116. The van der Waals surface area contributed by atoms with Gasteiger partial charge in [-0.25, -0.2) is 17.6 Å². The van der Waals surface area contributed by atoms with Gasteiger partial charge in [-0.2, -0.15) is 0 Å². The highest BCUT2D eigenvalue weighted by Crippen LogP contribution is 2.09. The van der Waals surface area contributed by atoms with Crippen LogP contribution in [0.15, 0.2) is 18.7 Å². The van der Waals surface area contributed by atoms with Gasteiger partial charge in [-0.05, 0) is 6.92 Å². The van der Waals surface area contributed by atoms with Crippen LogP contribution >= 0.6 is 0 Å². The first-order valence-electron chi connectivity index (χ1n) is 5.41. The second-order valence-corrected chi connectivity index (χ2v) is 5.51. The van der Waals surface area contributed by atoms with E-state index in [1.807, 2.05) is 34.8 Å². The molecule has 0 aliphatic rings. The monoisotopic (exact) mass is 262 g/mol. The van der Waals surface area contributed by atoms with Crippen LogP contribution in [0, 0.1) is 0 Å². The standard InChI is InChI=1S/C10H18N2O4S/c1-10(3-8-17(13,14)15)12-5-4-11(9-12)6-7-16-2/h4-5,9-10H,3,6-8H2,1-2H3. The summed E-state index contributed by atoms with van der Waals surface area (Å²) in [5, 5.41) is 0. The Hall–Kier alpha value is -0.920.